The van der Waals surface area contributed by atoms with E-state index in [9.17, 15) is 12.8 Å². The predicted octanol–water partition coefficient (Wildman–Crippen LogP) is 3.34. The van der Waals surface area contributed by atoms with Crippen LogP contribution in [0.5, 0.6) is 5.75 Å². The van der Waals surface area contributed by atoms with E-state index in [4.69, 9.17) is 4.74 Å². The molecule has 1 N–H and O–H groups in total. The fourth-order valence-corrected chi connectivity index (χ4v) is 3.78. The van der Waals surface area contributed by atoms with Crippen LogP contribution in [0.15, 0.2) is 72.0 Å². The predicted molar refractivity (Wildman–Crippen MR) is 102 cm³/mol. The number of benzene rings is 2. The van der Waals surface area contributed by atoms with Crippen LogP contribution in [0.3, 0.4) is 0 Å². The Kier molecular flexibility index (Phi) is 4.44. The minimum absolute atomic E-state index is 0.0229. The smallest absolute Gasteiger partial charge is 0.262 e. The van der Waals surface area contributed by atoms with E-state index in [0.29, 0.717) is 17.2 Å². The second-order valence-electron chi connectivity index (χ2n) is 5.93. The first-order valence-corrected chi connectivity index (χ1v) is 9.71. The summed E-state index contributed by atoms with van der Waals surface area (Å²) >= 11 is 0. The summed E-state index contributed by atoms with van der Waals surface area (Å²) in [7, 11) is -2.62. The van der Waals surface area contributed by atoms with Crippen molar-refractivity contribution in [3.05, 3.63) is 72.9 Å². The number of rotatable bonds is 5. The third kappa shape index (κ3) is 3.39. The van der Waals surface area contributed by atoms with Gasteiger partial charge in [-0.3, -0.25) is 9.12 Å². The van der Waals surface area contributed by atoms with Crippen molar-refractivity contribution < 1.29 is 17.5 Å². The fourth-order valence-electron chi connectivity index (χ4n) is 2.71. The maximum absolute atomic E-state index is 13.8. The second kappa shape index (κ2) is 6.93. The van der Waals surface area contributed by atoms with Crippen molar-refractivity contribution in [2.45, 2.75) is 4.90 Å². The highest BCUT2D eigenvalue weighted by Crippen LogP contribution is 2.24. The molecule has 0 aliphatic heterocycles. The van der Waals surface area contributed by atoms with Crippen molar-refractivity contribution in [3.63, 3.8) is 0 Å². The molecule has 2 heterocycles. The van der Waals surface area contributed by atoms with Gasteiger partial charge >= 0.3 is 0 Å². The molecule has 0 aliphatic rings. The van der Waals surface area contributed by atoms with Gasteiger partial charge in [0.25, 0.3) is 10.0 Å². The number of hydrogen-bond acceptors (Lipinski definition) is 5. The van der Waals surface area contributed by atoms with Crippen molar-refractivity contribution in [1.29, 1.82) is 0 Å². The second-order valence-corrected chi connectivity index (χ2v) is 7.61. The molecule has 7 nitrogen and oxygen atoms in total. The molecule has 0 atom stereocenters. The number of aromatic nitrogens is 3. The summed E-state index contributed by atoms with van der Waals surface area (Å²) in [5, 5.41) is 0. The summed E-state index contributed by atoms with van der Waals surface area (Å²) in [6, 6.07) is 12.0. The molecule has 0 saturated heterocycles. The SMILES string of the molecule is COc1ccc(S(=O)(=O)Nc2ccc(-c3cn4cccnc4n3)cc2)cc1F. The minimum atomic E-state index is -3.93. The summed E-state index contributed by atoms with van der Waals surface area (Å²) in [6.07, 6.45) is 5.34. The van der Waals surface area contributed by atoms with Gasteiger partial charge in [0.05, 0.1) is 17.7 Å². The molecule has 142 valence electrons. The largest absolute Gasteiger partial charge is 0.494 e. The first kappa shape index (κ1) is 17.9. The van der Waals surface area contributed by atoms with Crippen molar-refractivity contribution in [1.82, 2.24) is 14.4 Å². The topological polar surface area (TPSA) is 85.6 Å². The number of nitrogens with zero attached hydrogens (tertiary/aromatic N) is 3. The van der Waals surface area contributed by atoms with Crippen LogP contribution in [-0.2, 0) is 10.0 Å². The molecule has 0 spiro atoms. The lowest BCUT2D eigenvalue weighted by atomic mass is 10.1. The third-order valence-electron chi connectivity index (χ3n) is 4.10. The van der Waals surface area contributed by atoms with E-state index >= 15 is 0 Å². The average molecular weight is 398 g/mol. The lowest BCUT2D eigenvalue weighted by molar-refractivity contribution is 0.385. The molecule has 0 amide bonds. The first-order valence-electron chi connectivity index (χ1n) is 8.23. The quantitative estimate of drug-likeness (QED) is 0.557. The van der Waals surface area contributed by atoms with Gasteiger partial charge < -0.3 is 4.74 Å². The zero-order valence-electron chi connectivity index (χ0n) is 14.7. The van der Waals surface area contributed by atoms with Crippen LogP contribution in [0, 0.1) is 5.82 Å². The number of halogens is 1. The average Bonchev–Trinajstić information content (AvgIpc) is 3.12. The van der Waals surface area contributed by atoms with Crippen molar-refractivity contribution in [2.24, 2.45) is 0 Å². The Bertz CT molecular complexity index is 1220. The highest BCUT2D eigenvalue weighted by Gasteiger charge is 2.17. The van der Waals surface area contributed by atoms with Gasteiger partial charge in [0.1, 0.15) is 0 Å². The zero-order chi connectivity index (χ0) is 19.7. The Morgan fingerprint density at radius 2 is 1.93 bits per heavy atom. The molecule has 0 fully saturated rings. The zero-order valence-corrected chi connectivity index (χ0v) is 15.5. The molecule has 4 rings (SSSR count). The summed E-state index contributed by atoms with van der Waals surface area (Å²) in [5.74, 6) is -0.199. The molecule has 2 aromatic heterocycles. The number of methoxy groups -OCH3 is 1. The highest BCUT2D eigenvalue weighted by atomic mass is 32.2. The number of fused-ring (bicyclic) bond motifs is 1. The summed E-state index contributed by atoms with van der Waals surface area (Å²) in [6.45, 7) is 0. The van der Waals surface area contributed by atoms with Gasteiger partial charge in [-0.2, -0.15) is 0 Å². The number of anilines is 1. The van der Waals surface area contributed by atoms with Gasteiger partial charge in [0, 0.05) is 29.8 Å². The normalized spacial score (nSPS) is 11.5. The highest BCUT2D eigenvalue weighted by molar-refractivity contribution is 7.92. The molecule has 0 unspecified atom stereocenters. The Balaban J connectivity index is 1.57. The molecular weight excluding hydrogens is 383 g/mol. The number of nitrogens with one attached hydrogen (secondary N) is 1. The van der Waals surface area contributed by atoms with E-state index in [1.165, 1.54) is 19.2 Å². The number of imidazole rings is 1. The van der Waals surface area contributed by atoms with Gasteiger partial charge in [-0.15, -0.1) is 0 Å². The molecule has 0 bridgehead atoms. The van der Waals surface area contributed by atoms with Crippen LogP contribution >= 0.6 is 0 Å². The standard InChI is InChI=1S/C19H15FN4O3S/c1-27-18-8-7-15(11-16(18)20)28(25,26)23-14-5-3-13(4-6-14)17-12-24-10-2-9-21-19(24)22-17/h2-12,23H,1H3. The van der Waals surface area contributed by atoms with E-state index in [-0.39, 0.29) is 10.6 Å². The maximum Gasteiger partial charge on any atom is 0.262 e. The molecule has 0 aliphatic carbocycles. The van der Waals surface area contributed by atoms with E-state index < -0.39 is 15.8 Å². The molecule has 0 saturated carbocycles. The first-order chi connectivity index (χ1) is 13.5. The van der Waals surface area contributed by atoms with E-state index in [2.05, 4.69) is 14.7 Å². The van der Waals surface area contributed by atoms with Crippen LogP contribution < -0.4 is 9.46 Å². The molecule has 4 aromatic rings. The minimum Gasteiger partial charge on any atom is -0.494 e. The van der Waals surface area contributed by atoms with Crippen LogP contribution in [-0.4, -0.2) is 29.9 Å². The van der Waals surface area contributed by atoms with Gasteiger partial charge in [-0.1, -0.05) is 12.1 Å². The van der Waals surface area contributed by atoms with Crippen LogP contribution in [0.2, 0.25) is 0 Å². The van der Waals surface area contributed by atoms with Gasteiger partial charge in [0.15, 0.2) is 11.6 Å². The summed E-state index contributed by atoms with van der Waals surface area (Å²) in [5.41, 5.74) is 1.87. The molecule has 9 heteroatoms. The van der Waals surface area contributed by atoms with Gasteiger partial charge in [0.2, 0.25) is 5.78 Å². The van der Waals surface area contributed by atoms with Crippen LogP contribution in [0.4, 0.5) is 10.1 Å². The Hall–Kier alpha value is -3.46. The lowest BCUT2D eigenvalue weighted by Crippen LogP contribution is -2.13. The Labute approximate surface area is 160 Å². The van der Waals surface area contributed by atoms with E-state index in [1.54, 1.807) is 40.9 Å². The molecule has 28 heavy (non-hydrogen) atoms. The number of hydrogen-bond donors (Lipinski definition) is 1. The molecule has 2 aromatic carbocycles. The lowest BCUT2D eigenvalue weighted by Gasteiger charge is -2.10. The Morgan fingerprint density at radius 1 is 1.14 bits per heavy atom. The number of ether oxygens (including phenoxy) is 1. The van der Waals surface area contributed by atoms with E-state index in [0.717, 1.165) is 11.6 Å². The van der Waals surface area contributed by atoms with Gasteiger partial charge in [-0.05, 0) is 36.4 Å². The summed E-state index contributed by atoms with van der Waals surface area (Å²) in [4.78, 5) is 8.39. The third-order valence-corrected chi connectivity index (χ3v) is 5.48. The number of sulfonamides is 1. The van der Waals surface area contributed by atoms with Crippen LogP contribution in [0.1, 0.15) is 0 Å². The van der Waals surface area contributed by atoms with Crippen molar-refractivity contribution in [3.8, 4) is 17.0 Å². The monoisotopic (exact) mass is 398 g/mol. The van der Waals surface area contributed by atoms with E-state index in [1.807, 2.05) is 12.4 Å². The Morgan fingerprint density at radius 3 is 2.61 bits per heavy atom. The molecule has 0 radical (unpaired) electrons. The van der Waals surface area contributed by atoms with Crippen molar-refractivity contribution >= 4 is 21.5 Å². The fraction of sp³-hybridized carbons (Fsp3) is 0.0526. The maximum atomic E-state index is 13.8. The van der Waals surface area contributed by atoms with Crippen molar-refractivity contribution in [2.75, 3.05) is 11.8 Å². The summed E-state index contributed by atoms with van der Waals surface area (Å²) < 4.78 is 47.8. The van der Waals surface area contributed by atoms with Gasteiger partial charge in [-0.25, -0.2) is 22.8 Å². The van der Waals surface area contributed by atoms with Crippen LogP contribution in [0.25, 0.3) is 17.0 Å². The molecular formula is C19H15FN4O3S.